The van der Waals surface area contributed by atoms with E-state index in [9.17, 15) is 4.39 Å². The maximum atomic E-state index is 13.3. The molecule has 2 nitrogen and oxygen atoms in total. The van der Waals surface area contributed by atoms with Crippen molar-refractivity contribution in [2.24, 2.45) is 5.84 Å². The molecule has 0 aromatic heterocycles. The van der Waals surface area contributed by atoms with E-state index in [2.05, 4.69) is 5.43 Å². The van der Waals surface area contributed by atoms with E-state index in [0.717, 1.165) is 16.0 Å². The average Bonchev–Trinajstić information content (AvgIpc) is 2.40. The lowest BCUT2D eigenvalue weighted by Gasteiger charge is -2.19. The summed E-state index contributed by atoms with van der Waals surface area (Å²) in [5.41, 5.74) is 4.63. The number of benzene rings is 2. The molecule has 0 spiro atoms. The minimum absolute atomic E-state index is 0.204. The second kappa shape index (κ2) is 6.00. The van der Waals surface area contributed by atoms with Crippen LogP contribution in [0.2, 0.25) is 0 Å². The van der Waals surface area contributed by atoms with Gasteiger partial charge in [-0.25, -0.2) is 9.82 Å². The van der Waals surface area contributed by atoms with E-state index >= 15 is 0 Å². The summed E-state index contributed by atoms with van der Waals surface area (Å²) in [7, 11) is 0. The van der Waals surface area contributed by atoms with Crippen LogP contribution >= 0.6 is 11.8 Å². The Hall–Kier alpha value is -1.36. The van der Waals surface area contributed by atoms with Gasteiger partial charge in [-0.1, -0.05) is 30.3 Å². The summed E-state index contributed by atoms with van der Waals surface area (Å²) in [6.45, 7) is 0. The van der Waals surface area contributed by atoms with Gasteiger partial charge >= 0.3 is 0 Å². The first-order chi connectivity index (χ1) is 8.76. The maximum absolute atomic E-state index is 13.3. The zero-order valence-corrected chi connectivity index (χ0v) is 10.9. The molecule has 0 aliphatic rings. The number of rotatable bonds is 4. The Morgan fingerprint density at radius 1 is 1.17 bits per heavy atom. The molecule has 0 saturated heterocycles. The zero-order valence-electron chi connectivity index (χ0n) is 10.1. The van der Waals surface area contributed by atoms with Crippen LogP contribution in [0.25, 0.3) is 0 Å². The molecule has 2 aromatic carbocycles. The van der Waals surface area contributed by atoms with Crippen LogP contribution < -0.4 is 11.3 Å². The Morgan fingerprint density at radius 2 is 1.94 bits per heavy atom. The van der Waals surface area contributed by atoms with Gasteiger partial charge in [0.1, 0.15) is 5.82 Å². The van der Waals surface area contributed by atoms with E-state index < -0.39 is 0 Å². The number of hydrazine groups is 1. The normalized spacial score (nSPS) is 12.4. The Bertz CT molecular complexity index is 531. The van der Waals surface area contributed by atoms with Gasteiger partial charge in [0.15, 0.2) is 0 Å². The van der Waals surface area contributed by atoms with Crippen LogP contribution in [-0.2, 0) is 0 Å². The fourth-order valence-electron chi connectivity index (χ4n) is 1.96. The molecule has 1 atom stereocenters. The monoisotopic (exact) mass is 262 g/mol. The summed E-state index contributed by atoms with van der Waals surface area (Å²) in [5.74, 6) is 5.37. The van der Waals surface area contributed by atoms with Crippen molar-refractivity contribution in [1.29, 1.82) is 0 Å². The van der Waals surface area contributed by atoms with Crippen molar-refractivity contribution in [3.05, 3.63) is 65.5 Å². The van der Waals surface area contributed by atoms with Crippen LogP contribution in [0.15, 0.2) is 53.4 Å². The van der Waals surface area contributed by atoms with Gasteiger partial charge in [0.2, 0.25) is 0 Å². The van der Waals surface area contributed by atoms with E-state index in [1.54, 1.807) is 17.8 Å². The molecule has 0 saturated carbocycles. The third-order valence-electron chi connectivity index (χ3n) is 2.80. The Kier molecular flexibility index (Phi) is 4.36. The predicted molar refractivity (Wildman–Crippen MR) is 73.8 cm³/mol. The van der Waals surface area contributed by atoms with Crippen LogP contribution in [0.1, 0.15) is 17.2 Å². The summed E-state index contributed by atoms with van der Waals surface area (Å²) in [5, 5.41) is 0. The molecule has 3 N–H and O–H groups in total. The lowest BCUT2D eigenvalue weighted by molar-refractivity contribution is 0.601. The highest BCUT2D eigenvalue weighted by Gasteiger charge is 2.15. The standard InChI is InChI=1S/C14H15FN2S/c1-18-13-8-3-2-7-12(13)14(17-16)10-5-4-6-11(15)9-10/h2-9,14,17H,16H2,1H3. The van der Waals surface area contributed by atoms with Crippen LogP contribution in [0, 0.1) is 5.82 Å². The van der Waals surface area contributed by atoms with Gasteiger partial charge in [-0.3, -0.25) is 5.84 Å². The number of thioether (sulfide) groups is 1. The lowest BCUT2D eigenvalue weighted by atomic mass is 9.99. The van der Waals surface area contributed by atoms with Crippen LogP contribution in [0.3, 0.4) is 0 Å². The van der Waals surface area contributed by atoms with E-state index in [4.69, 9.17) is 5.84 Å². The van der Waals surface area contributed by atoms with E-state index in [0.29, 0.717) is 0 Å². The molecular formula is C14H15FN2S. The molecular weight excluding hydrogens is 247 g/mol. The summed E-state index contributed by atoms with van der Waals surface area (Å²) in [4.78, 5) is 1.13. The molecule has 0 aliphatic carbocycles. The van der Waals surface area contributed by atoms with Gasteiger partial charge < -0.3 is 0 Å². The van der Waals surface area contributed by atoms with Crippen molar-refractivity contribution in [2.45, 2.75) is 10.9 Å². The first kappa shape index (κ1) is 13.1. The van der Waals surface area contributed by atoms with Crippen LogP contribution in [0.5, 0.6) is 0 Å². The molecule has 0 radical (unpaired) electrons. The number of nitrogens with two attached hydrogens (primary N) is 1. The quantitative estimate of drug-likeness (QED) is 0.505. The van der Waals surface area contributed by atoms with Crippen molar-refractivity contribution < 1.29 is 4.39 Å². The molecule has 0 bridgehead atoms. The van der Waals surface area contributed by atoms with Crippen molar-refractivity contribution in [1.82, 2.24) is 5.43 Å². The van der Waals surface area contributed by atoms with Gasteiger partial charge in [0.05, 0.1) is 6.04 Å². The SMILES string of the molecule is CSc1ccccc1C(NN)c1cccc(F)c1. The molecule has 2 rings (SSSR count). The fourth-order valence-corrected chi connectivity index (χ4v) is 2.59. The van der Waals surface area contributed by atoms with Gasteiger partial charge in [-0.2, -0.15) is 0 Å². The minimum atomic E-state index is -0.255. The highest BCUT2D eigenvalue weighted by atomic mass is 32.2. The highest BCUT2D eigenvalue weighted by Crippen LogP contribution is 2.29. The first-order valence-electron chi connectivity index (χ1n) is 5.60. The van der Waals surface area contributed by atoms with E-state index in [1.807, 2.05) is 36.6 Å². The van der Waals surface area contributed by atoms with Gasteiger partial charge in [-0.15, -0.1) is 11.8 Å². The highest BCUT2D eigenvalue weighted by molar-refractivity contribution is 7.98. The smallest absolute Gasteiger partial charge is 0.123 e. The van der Waals surface area contributed by atoms with Crippen LogP contribution in [0.4, 0.5) is 4.39 Å². The summed E-state index contributed by atoms with van der Waals surface area (Å²) in [6.07, 6.45) is 2.01. The first-order valence-corrected chi connectivity index (χ1v) is 6.83. The number of hydrogen-bond donors (Lipinski definition) is 2. The molecule has 0 aliphatic heterocycles. The van der Waals surface area contributed by atoms with Crippen molar-refractivity contribution >= 4 is 11.8 Å². The van der Waals surface area contributed by atoms with E-state index in [1.165, 1.54) is 12.1 Å². The van der Waals surface area contributed by atoms with Gasteiger partial charge in [0, 0.05) is 4.90 Å². The molecule has 1 unspecified atom stereocenters. The third-order valence-corrected chi connectivity index (χ3v) is 3.61. The summed E-state index contributed by atoms with van der Waals surface area (Å²) in [6, 6.07) is 14.3. The molecule has 0 fully saturated rings. The zero-order chi connectivity index (χ0) is 13.0. The molecule has 94 valence electrons. The van der Waals surface area contributed by atoms with Crippen molar-refractivity contribution in [3.63, 3.8) is 0 Å². The maximum Gasteiger partial charge on any atom is 0.123 e. The summed E-state index contributed by atoms with van der Waals surface area (Å²) >= 11 is 1.65. The average molecular weight is 262 g/mol. The molecule has 0 heterocycles. The molecule has 18 heavy (non-hydrogen) atoms. The van der Waals surface area contributed by atoms with Crippen LogP contribution in [-0.4, -0.2) is 6.26 Å². The van der Waals surface area contributed by atoms with Crippen molar-refractivity contribution in [3.8, 4) is 0 Å². The second-order valence-electron chi connectivity index (χ2n) is 3.90. The summed E-state index contributed by atoms with van der Waals surface area (Å²) < 4.78 is 13.3. The Balaban J connectivity index is 2.45. The number of nitrogens with one attached hydrogen (secondary N) is 1. The third kappa shape index (κ3) is 2.72. The van der Waals surface area contributed by atoms with Gasteiger partial charge in [0.25, 0.3) is 0 Å². The molecule has 2 aromatic rings. The Labute approximate surface area is 110 Å². The molecule has 4 heteroatoms. The van der Waals surface area contributed by atoms with Gasteiger partial charge in [-0.05, 0) is 35.6 Å². The lowest BCUT2D eigenvalue weighted by Crippen LogP contribution is -2.29. The number of halogens is 1. The number of hydrogen-bond acceptors (Lipinski definition) is 3. The van der Waals surface area contributed by atoms with E-state index in [-0.39, 0.29) is 11.9 Å². The van der Waals surface area contributed by atoms with Crippen molar-refractivity contribution in [2.75, 3.05) is 6.26 Å². The molecule has 0 amide bonds. The minimum Gasteiger partial charge on any atom is -0.271 e. The Morgan fingerprint density at radius 3 is 2.61 bits per heavy atom. The largest absolute Gasteiger partial charge is 0.271 e. The fraction of sp³-hybridized carbons (Fsp3) is 0.143. The topological polar surface area (TPSA) is 38.0 Å². The second-order valence-corrected chi connectivity index (χ2v) is 4.74. The predicted octanol–water partition coefficient (Wildman–Crippen LogP) is 3.10.